The van der Waals surface area contributed by atoms with E-state index in [0.29, 0.717) is 47.9 Å². The molecule has 0 bridgehead atoms. The van der Waals surface area contributed by atoms with Crippen LogP contribution in [-0.2, 0) is 22.9 Å². The molecule has 0 unspecified atom stereocenters. The van der Waals surface area contributed by atoms with Gasteiger partial charge in [-0.1, -0.05) is 23.7 Å². The molecule has 2 heterocycles. The summed E-state index contributed by atoms with van der Waals surface area (Å²) in [7, 11) is -3.08. The molecule has 0 atom stereocenters. The number of halogens is 1. The Morgan fingerprint density at radius 3 is 2.63 bits per heavy atom. The van der Waals surface area contributed by atoms with Gasteiger partial charge in [-0.15, -0.1) is 0 Å². The molecule has 0 radical (unpaired) electrons. The minimum Gasteiger partial charge on any atom is -0.365 e. The molecule has 1 aromatic carbocycles. The van der Waals surface area contributed by atoms with E-state index in [4.69, 9.17) is 17.3 Å². The fourth-order valence-electron chi connectivity index (χ4n) is 3.89. The average molecular weight is 452 g/mol. The summed E-state index contributed by atoms with van der Waals surface area (Å²) in [5.41, 5.74) is 7.61. The minimum absolute atomic E-state index is 0.165. The largest absolute Gasteiger partial charge is 0.365 e. The summed E-state index contributed by atoms with van der Waals surface area (Å²) in [4.78, 5) is 26.5. The van der Waals surface area contributed by atoms with Crippen molar-refractivity contribution in [2.75, 3.05) is 12.8 Å². The number of aromatic nitrogens is 2. The van der Waals surface area contributed by atoms with E-state index in [1.807, 2.05) is 0 Å². The van der Waals surface area contributed by atoms with Crippen LogP contribution in [0, 0.1) is 0 Å². The SMILES string of the molecule is CS(=O)(=O)C1CC(NC(=O)N2CCn3nc(-c4cccc(Cl)c4)c(C(N)=O)c3C2)C1. The van der Waals surface area contributed by atoms with Gasteiger partial charge >= 0.3 is 6.03 Å². The van der Waals surface area contributed by atoms with E-state index < -0.39 is 21.0 Å². The number of rotatable bonds is 4. The summed E-state index contributed by atoms with van der Waals surface area (Å²) < 4.78 is 24.8. The number of amides is 3. The summed E-state index contributed by atoms with van der Waals surface area (Å²) in [6.07, 6.45) is 2.05. The van der Waals surface area contributed by atoms with E-state index in [1.165, 1.54) is 6.26 Å². The van der Waals surface area contributed by atoms with Crippen molar-refractivity contribution >= 4 is 33.4 Å². The van der Waals surface area contributed by atoms with E-state index in [2.05, 4.69) is 10.4 Å². The number of hydrogen-bond acceptors (Lipinski definition) is 5. The predicted molar refractivity (Wildman–Crippen MR) is 112 cm³/mol. The van der Waals surface area contributed by atoms with E-state index in [1.54, 1.807) is 33.8 Å². The van der Waals surface area contributed by atoms with Crippen LogP contribution in [0.15, 0.2) is 24.3 Å². The number of benzene rings is 1. The number of sulfone groups is 1. The van der Waals surface area contributed by atoms with E-state index in [0.717, 1.165) is 0 Å². The Labute approximate surface area is 179 Å². The normalized spacial score (nSPS) is 20.9. The fraction of sp³-hybridized carbons (Fsp3) is 0.421. The summed E-state index contributed by atoms with van der Waals surface area (Å²) in [5.74, 6) is -0.622. The molecule has 0 saturated heterocycles. The number of nitrogens with one attached hydrogen (secondary N) is 1. The highest BCUT2D eigenvalue weighted by Crippen LogP contribution is 2.30. The second kappa shape index (κ2) is 7.59. The van der Waals surface area contributed by atoms with Crippen LogP contribution >= 0.6 is 11.6 Å². The van der Waals surface area contributed by atoms with Gasteiger partial charge in [-0.25, -0.2) is 13.2 Å². The third kappa shape index (κ3) is 3.89. The monoisotopic (exact) mass is 451 g/mol. The zero-order valence-corrected chi connectivity index (χ0v) is 17.9. The molecule has 1 saturated carbocycles. The van der Waals surface area contributed by atoms with Crippen LogP contribution in [0.2, 0.25) is 5.02 Å². The van der Waals surface area contributed by atoms with Gasteiger partial charge < -0.3 is 16.0 Å². The van der Waals surface area contributed by atoms with Crippen LogP contribution in [0.1, 0.15) is 28.9 Å². The van der Waals surface area contributed by atoms with Crippen molar-refractivity contribution in [3.05, 3.63) is 40.5 Å². The van der Waals surface area contributed by atoms with Gasteiger partial charge in [0.2, 0.25) is 0 Å². The van der Waals surface area contributed by atoms with Gasteiger partial charge in [0, 0.05) is 29.4 Å². The smallest absolute Gasteiger partial charge is 0.318 e. The summed E-state index contributed by atoms with van der Waals surface area (Å²) in [6, 6.07) is 6.54. The number of carbonyl (C=O) groups is 2. The molecule has 11 heteroatoms. The van der Waals surface area contributed by atoms with Crippen molar-refractivity contribution < 1.29 is 18.0 Å². The molecule has 1 aliphatic carbocycles. The van der Waals surface area contributed by atoms with Crippen molar-refractivity contribution in [3.63, 3.8) is 0 Å². The molecule has 1 aliphatic heterocycles. The Hall–Kier alpha value is -2.59. The van der Waals surface area contributed by atoms with Crippen LogP contribution in [0.5, 0.6) is 0 Å². The highest BCUT2D eigenvalue weighted by Gasteiger charge is 2.38. The molecule has 3 amide bonds. The number of carbonyl (C=O) groups excluding carboxylic acids is 2. The van der Waals surface area contributed by atoms with Gasteiger partial charge in [0.05, 0.1) is 29.6 Å². The topological polar surface area (TPSA) is 127 Å². The molecular weight excluding hydrogens is 430 g/mol. The van der Waals surface area contributed by atoms with E-state index in [9.17, 15) is 18.0 Å². The van der Waals surface area contributed by atoms with Gasteiger partial charge in [0.1, 0.15) is 15.5 Å². The second-order valence-corrected chi connectivity index (χ2v) is 10.5. The Bertz CT molecular complexity index is 1120. The molecule has 1 aromatic heterocycles. The Kier molecular flexibility index (Phi) is 5.23. The molecule has 0 spiro atoms. The second-order valence-electron chi connectivity index (χ2n) is 7.76. The lowest BCUT2D eigenvalue weighted by Crippen LogP contribution is -2.54. The zero-order valence-electron chi connectivity index (χ0n) is 16.3. The van der Waals surface area contributed by atoms with Gasteiger partial charge in [0.25, 0.3) is 5.91 Å². The average Bonchev–Trinajstić information content (AvgIpc) is 3.02. The standard InChI is InChI=1S/C19H22ClN5O4S/c1-30(28,29)14-8-13(9-14)22-19(27)24-5-6-25-15(10-24)16(18(21)26)17(23-25)11-3-2-4-12(20)7-11/h2-4,7,13-14H,5-6,8-10H2,1H3,(H2,21,26)(H,22,27). The molecule has 30 heavy (non-hydrogen) atoms. The van der Waals surface area contributed by atoms with E-state index in [-0.39, 0.29) is 24.2 Å². The molecule has 4 rings (SSSR count). The quantitative estimate of drug-likeness (QED) is 0.726. The first kappa shape index (κ1) is 20.7. The lowest BCUT2D eigenvalue weighted by molar-refractivity contribution is 0.0997. The van der Waals surface area contributed by atoms with Crippen LogP contribution in [-0.4, -0.2) is 59.1 Å². The summed E-state index contributed by atoms with van der Waals surface area (Å²) in [5, 5.41) is 7.53. The number of hydrogen-bond donors (Lipinski definition) is 2. The molecule has 2 aliphatic rings. The third-order valence-electron chi connectivity index (χ3n) is 5.64. The summed E-state index contributed by atoms with van der Waals surface area (Å²) in [6.45, 7) is 1.01. The first-order valence-corrected chi connectivity index (χ1v) is 11.9. The number of urea groups is 1. The molecule has 1 fully saturated rings. The Balaban J connectivity index is 1.52. The highest BCUT2D eigenvalue weighted by molar-refractivity contribution is 7.91. The lowest BCUT2D eigenvalue weighted by Gasteiger charge is -2.37. The van der Waals surface area contributed by atoms with Crippen LogP contribution < -0.4 is 11.1 Å². The van der Waals surface area contributed by atoms with Gasteiger partial charge in [-0.3, -0.25) is 9.48 Å². The molecule has 2 aromatic rings. The number of primary amides is 1. The van der Waals surface area contributed by atoms with Crippen molar-refractivity contribution in [3.8, 4) is 11.3 Å². The van der Waals surface area contributed by atoms with Crippen molar-refractivity contribution in [1.82, 2.24) is 20.0 Å². The maximum Gasteiger partial charge on any atom is 0.318 e. The van der Waals surface area contributed by atoms with Gasteiger partial charge in [-0.2, -0.15) is 5.10 Å². The van der Waals surface area contributed by atoms with E-state index >= 15 is 0 Å². The number of nitrogens with two attached hydrogens (primary N) is 1. The maximum absolute atomic E-state index is 12.7. The summed E-state index contributed by atoms with van der Waals surface area (Å²) >= 11 is 6.07. The maximum atomic E-state index is 12.7. The fourth-order valence-corrected chi connectivity index (χ4v) is 5.24. The first-order valence-electron chi connectivity index (χ1n) is 9.53. The third-order valence-corrected chi connectivity index (χ3v) is 7.47. The minimum atomic E-state index is -3.08. The highest BCUT2D eigenvalue weighted by atomic mass is 35.5. The molecule has 9 nitrogen and oxygen atoms in total. The van der Waals surface area contributed by atoms with Crippen molar-refractivity contribution in [1.29, 1.82) is 0 Å². The zero-order chi connectivity index (χ0) is 21.6. The van der Waals surface area contributed by atoms with Crippen LogP contribution in [0.3, 0.4) is 0 Å². The lowest BCUT2D eigenvalue weighted by atomic mass is 9.92. The number of nitrogens with zero attached hydrogens (tertiary/aromatic N) is 3. The van der Waals surface area contributed by atoms with Crippen LogP contribution in [0.4, 0.5) is 4.79 Å². The first-order chi connectivity index (χ1) is 14.1. The predicted octanol–water partition coefficient (Wildman–Crippen LogP) is 1.40. The van der Waals surface area contributed by atoms with Crippen molar-refractivity contribution in [2.45, 2.75) is 37.2 Å². The molecule has 160 valence electrons. The Morgan fingerprint density at radius 1 is 1.27 bits per heavy atom. The van der Waals surface area contributed by atoms with Gasteiger partial charge in [0.15, 0.2) is 0 Å². The van der Waals surface area contributed by atoms with Crippen molar-refractivity contribution in [2.24, 2.45) is 5.73 Å². The van der Waals surface area contributed by atoms with Crippen LogP contribution in [0.25, 0.3) is 11.3 Å². The molecule has 3 N–H and O–H groups in total. The van der Waals surface area contributed by atoms with Gasteiger partial charge in [-0.05, 0) is 25.0 Å². The molecular formula is C19H22ClN5O4S. The number of fused-ring (bicyclic) bond motifs is 1. The Morgan fingerprint density at radius 2 is 2.00 bits per heavy atom.